The number of nitrogens with one attached hydrogen (secondary N) is 1. The molecule has 1 rings (SSSR count). The highest BCUT2D eigenvalue weighted by Gasteiger charge is 2.27. The summed E-state index contributed by atoms with van der Waals surface area (Å²) in [6, 6.07) is 0.581. The van der Waals surface area contributed by atoms with Gasteiger partial charge in [-0.3, -0.25) is 0 Å². The molecule has 88 valence electrons. The Morgan fingerprint density at radius 1 is 1.33 bits per heavy atom. The van der Waals surface area contributed by atoms with Gasteiger partial charge in [-0.15, -0.1) is 0 Å². The molecular formula is C14H27N. The fraction of sp³-hybridized carbons (Fsp3) is 0.857. The Balaban J connectivity index is 2.66. The number of hydrogen-bond acceptors (Lipinski definition) is 1. The van der Waals surface area contributed by atoms with Gasteiger partial charge in [0, 0.05) is 6.04 Å². The predicted octanol–water partition coefficient (Wildman–Crippen LogP) is 3.90. The fourth-order valence-corrected chi connectivity index (χ4v) is 2.41. The lowest BCUT2D eigenvalue weighted by molar-refractivity contribution is 0.293. The van der Waals surface area contributed by atoms with Gasteiger partial charge in [-0.05, 0) is 44.1 Å². The van der Waals surface area contributed by atoms with Crippen LogP contribution in [0.5, 0.6) is 0 Å². The molecule has 0 aromatic carbocycles. The van der Waals surface area contributed by atoms with E-state index in [9.17, 15) is 0 Å². The molecule has 0 saturated carbocycles. The number of allylic oxidation sites excluding steroid dienone is 1. The van der Waals surface area contributed by atoms with E-state index >= 15 is 0 Å². The van der Waals surface area contributed by atoms with Gasteiger partial charge >= 0.3 is 0 Å². The average Bonchev–Trinajstić information content (AvgIpc) is 2.18. The van der Waals surface area contributed by atoms with Crippen molar-refractivity contribution in [1.82, 2.24) is 5.32 Å². The molecule has 15 heavy (non-hydrogen) atoms. The third kappa shape index (κ3) is 3.98. The Morgan fingerprint density at radius 3 is 2.53 bits per heavy atom. The van der Waals surface area contributed by atoms with Crippen molar-refractivity contribution in [3.8, 4) is 0 Å². The monoisotopic (exact) mass is 209 g/mol. The van der Waals surface area contributed by atoms with Crippen LogP contribution in [0.4, 0.5) is 0 Å². The first-order chi connectivity index (χ1) is 7.05. The van der Waals surface area contributed by atoms with Crippen molar-refractivity contribution >= 4 is 0 Å². The molecule has 1 nitrogen and oxygen atoms in total. The molecule has 0 radical (unpaired) electrons. The first-order valence-corrected chi connectivity index (χ1v) is 6.48. The molecular weight excluding hydrogens is 182 g/mol. The lowest BCUT2D eigenvalue weighted by Gasteiger charge is -2.35. The number of hydrogen-bond donors (Lipinski definition) is 1. The highest BCUT2D eigenvalue weighted by atomic mass is 14.9. The van der Waals surface area contributed by atoms with Crippen LogP contribution in [0.3, 0.4) is 0 Å². The molecule has 1 N–H and O–H groups in total. The molecule has 0 aromatic rings. The second-order valence-corrected chi connectivity index (χ2v) is 5.78. The van der Waals surface area contributed by atoms with E-state index in [0.717, 1.165) is 6.54 Å². The molecule has 0 spiro atoms. The average molecular weight is 209 g/mol. The summed E-state index contributed by atoms with van der Waals surface area (Å²) in [6.45, 7) is 10.4. The van der Waals surface area contributed by atoms with E-state index in [1.165, 1.54) is 32.1 Å². The van der Waals surface area contributed by atoms with E-state index in [2.05, 4.69) is 39.1 Å². The molecule has 0 amide bonds. The summed E-state index contributed by atoms with van der Waals surface area (Å²) in [4.78, 5) is 0. The second kappa shape index (κ2) is 5.69. The van der Waals surface area contributed by atoms with E-state index in [1.54, 1.807) is 5.57 Å². The lowest BCUT2D eigenvalue weighted by atomic mass is 9.78. The maximum absolute atomic E-state index is 3.71. The van der Waals surface area contributed by atoms with Crippen LogP contribution >= 0.6 is 0 Å². The standard InChI is InChI=1S/C14H27N/c1-5-11-15-13(14(2,3)4)12-9-7-6-8-10-12/h9,13,15H,5-8,10-11H2,1-4H3. The van der Waals surface area contributed by atoms with Crippen LogP contribution in [-0.4, -0.2) is 12.6 Å². The van der Waals surface area contributed by atoms with Gasteiger partial charge in [0.05, 0.1) is 0 Å². The Morgan fingerprint density at radius 2 is 2.07 bits per heavy atom. The third-order valence-electron chi connectivity index (χ3n) is 3.16. The van der Waals surface area contributed by atoms with Gasteiger partial charge in [-0.2, -0.15) is 0 Å². The summed E-state index contributed by atoms with van der Waals surface area (Å²) >= 11 is 0. The molecule has 1 aliphatic carbocycles. The summed E-state index contributed by atoms with van der Waals surface area (Å²) in [5.74, 6) is 0. The van der Waals surface area contributed by atoms with E-state index < -0.39 is 0 Å². The first-order valence-electron chi connectivity index (χ1n) is 6.48. The molecule has 0 saturated heterocycles. The molecule has 0 fully saturated rings. The third-order valence-corrected chi connectivity index (χ3v) is 3.16. The van der Waals surface area contributed by atoms with Gasteiger partial charge in [-0.25, -0.2) is 0 Å². The Bertz CT molecular complexity index is 210. The van der Waals surface area contributed by atoms with E-state index in [1.807, 2.05) is 0 Å². The minimum absolute atomic E-state index is 0.346. The Hall–Kier alpha value is -0.300. The molecule has 0 bridgehead atoms. The molecule has 1 heteroatoms. The van der Waals surface area contributed by atoms with Crippen molar-refractivity contribution in [3.63, 3.8) is 0 Å². The van der Waals surface area contributed by atoms with Crippen LogP contribution in [0.2, 0.25) is 0 Å². The zero-order chi connectivity index (χ0) is 11.3. The minimum atomic E-state index is 0.346. The van der Waals surface area contributed by atoms with Gasteiger partial charge in [-0.1, -0.05) is 39.3 Å². The Kier molecular flexibility index (Phi) is 4.85. The van der Waals surface area contributed by atoms with Crippen molar-refractivity contribution in [3.05, 3.63) is 11.6 Å². The van der Waals surface area contributed by atoms with Gasteiger partial charge < -0.3 is 5.32 Å². The highest BCUT2D eigenvalue weighted by molar-refractivity contribution is 5.16. The summed E-state index contributed by atoms with van der Waals surface area (Å²) in [7, 11) is 0. The van der Waals surface area contributed by atoms with E-state index in [4.69, 9.17) is 0 Å². The highest BCUT2D eigenvalue weighted by Crippen LogP contribution is 2.30. The topological polar surface area (TPSA) is 12.0 Å². The number of rotatable bonds is 4. The summed E-state index contributed by atoms with van der Waals surface area (Å²) in [5.41, 5.74) is 2.00. The zero-order valence-corrected chi connectivity index (χ0v) is 10.9. The van der Waals surface area contributed by atoms with Crippen molar-refractivity contribution in [1.29, 1.82) is 0 Å². The van der Waals surface area contributed by atoms with Gasteiger partial charge in [0.2, 0.25) is 0 Å². The van der Waals surface area contributed by atoms with Gasteiger partial charge in [0.25, 0.3) is 0 Å². The van der Waals surface area contributed by atoms with Gasteiger partial charge in [0.1, 0.15) is 0 Å². The summed E-state index contributed by atoms with van der Waals surface area (Å²) in [6.07, 6.45) is 9.05. The van der Waals surface area contributed by atoms with Crippen LogP contribution in [0.15, 0.2) is 11.6 Å². The molecule has 1 unspecified atom stereocenters. The lowest BCUT2D eigenvalue weighted by Crippen LogP contribution is -2.42. The van der Waals surface area contributed by atoms with Crippen LogP contribution in [0, 0.1) is 5.41 Å². The smallest absolute Gasteiger partial charge is 0.0328 e. The fourth-order valence-electron chi connectivity index (χ4n) is 2.41. The van der Waals surface area contributed by atoms with E-state index in [0.29, 0.717) is 11.5 Å². The van der Waals surface area contributed by atoms with Crippen LogP contribution < -0.4 is 5.32 Å². The quantitative estimate of drug-likeness (QED) is 0.692. The van der Waals surface area contributed by atoms with Crippen molar-refractivity contribution < 1.29 is 0 Å². The van der Waals surface area contributed by atoms with Crippen molar-refractivity contribution in [2.24, 2.45) is 5.41 Å². The SMILES string of the molecule is CCCNC(C1=CCCCC1)C(C)(C)C. The minimum Gasteiger partial charge on any atom is -0.310 e. The van der Waals surface area contributed by atoms with Crippen LogP contribution in [0.1, 0.15) is 59.8 Å². The second-order valence-electron chi connectivity index (χ2n) is 5.78. The largest absolute Gasteiger partial charge is 0.310 e. The maximum atomic E-state index is 3.71. The predicted molar refractivity (Wildman–Crippen MR) is 68.1 cm³/mol. The molecule has 0 aliphatic heterocycles. The normalized spacial score (nSPS) is 19.9. The molecule has 0 aromatic heterocycles. The summed E-state index contributed by atoms with van der Waals surface area (Å²) in [5, 5.41) is 3.71. The Labute approximate surface area is 95.3 Å². The molecule has 1 atom stereocenters. The summed E-state index contributed by atoms with van der Waals surface area (Å²) < 4.78 is 0. The van der Waals surface area contributed by atoms with Crippen molar-refractivity contribution in [2.45, 2.75) is 65.8 Å². The molecule has 1 aliphatic rings. The van der Waals surface area contributed by atoms with Gasteiger partial charge in [0.15, 0.2) is 0 Å². The van der Waals surface area contributed by atoms with Crippen LogP contribution in [0.25, 0.3) is 0 Å². The van der Waals surface area contributed by atoms with E-state index in [-0.39, 0.29) is 0 Å². The molecule has 0 heterocycles. The zero-order valence-electron chi connectivity index (χ0n) is 10.9. The van der Waals surface area contributed by atoms with Crippen molar-refractivity contribution in [2.75, 3.05) is 6.54 Å². The van der Waals surface area contributed by atoms with Crippen LogP contribution in [-0.2, 0) is 0 Å². The maximum Gasteiger partial charge on any atom is 0.0328 e. The first kappa shape index (κ1) is 12.8.